The molecule has 102 valence electrons. The second-order valence-corrected chi connectivity index (χ2v) is 4.07. The highest BCUT2D eigenvalue weighted by Crippen LogP contribution is 2.13. The Morgan fingerprint density at radius 2 is 2.21 bits per heavy atom. The number of carbonyl (C=O) groups excluding carboxylic acids is 1. The van der Waals surface area contributed by atoms with Crippen LogP contribution in [0.15, 0.2) is 15.9 Å². The molecular weight excluding hydrogens is 252 g/mol. The number of nitrogens with one attached hydrogen (secondary N) is 1. The molecule has 8 nitrogen and oxygen atoms in total. The van der Waals surface area contributed by atoms with Crippen LogP contribution in [0.25, 0.3) is 11.2 Å². The third-order valence-electron chi connectivity index (χ3n) is 2.88. The lowest BCUT2D eigenvalue weighted by Gasteiger charge is -2.12. The molecule has 0 saturated carbocycles. The SMILES string of the molecule is CCOC(=O)C(C)n1cnc2[nH]c(=O)n(C)c(=O)c21. The van der Waals surface area contributed by atoms with E-state index in [1.807, 2.05) is 0 Å². The van der Waals surface area contributed by atoms with Gasteiger partial charge in [0, 0.05) is 7.05 Å². The van der Waals surface area contributed by atoms with Crippen molar-refractivity contribution in [3.8, 4) is 0 Å². The van der Waals surface area contributed by atoms with Crippen LogP contribution in [-0.2, 0) is 16.6 Å². The average Bonchev–Trinajstić information content (AvgIpc) is 2.79. The zero-order valence-corrected chi connectivity index (χ0v) is 10.8. The van der Waals surface area contributed by atoms with Crippen molar-refractivity contribution in [1.29, 1.82) is 0 Å². The first-order valence-electron chi connectivity index (χ1n) is 5.79. The molecule has 2 aromatic heterocycles. The van der Waals surface area contributed by atoms with Crippen LogP contribution in [0.5, 0.6) is 0 Å². The zero-order valence-electron chi connectivity index (χ0n) is 10.8. The number of esters is 1. The van der Waals surface area contributed by atoms with Crippen molar-refractivity contribution >= 4 is 17.1 Å². The molecule has 0 aliphatic carbocycles. The van der Waals surface area contributed by atoms with Gasteiger partial charge < -0.3 is 9.30 Å². The van der Waals surface area contributed by atoms with Gasteiger partial charge in [-0.25, -0.2) is 14.6 Å². The van der Waals surface area contributed by atoms with E-state index in [9.17, 15) is 14.4 Å². The van der Waals surface area contributed by atoms with Crippen LogP contribution >= 0.6 is 0 Å². The Morgan fingerprint density at radius 3 is 2.84 bits per heavy atom. The maximum absolute atomic E-state index is 12.0. The van der Waals surface area contributed by atoms with Gasteiger partial charge >= 0.3 is 11.7 Å². The minimum Gasteiger partial charge on any atom is -0.464 e. The Balaban J connectivity index is 2.64. The highest BCUT2D eigenvalue weighted by atomic mass is 16.5. The number of carbonyl (C=O) groups is 1. The first-order valence-corrected chi connectivity index (χ1v) is 5.79. The summed E-state index contributed by atoms with van der Waals surface area (Å²) < 4.78 is 7.23. The minimum absolute atomic E-state index is 0.157. The van der Waals surface area contributed by atoms with Gasteiger partial charge in [-0.05, 0) is 13.8 Å². The van der Waals surface area contributed by atoms with Gasteiger partial charge in [0.2, 0.25) is 0 Å². The summed E-state index contributed by atoms with van der Waals surface area (Å²) in [5.74, 6) is -0.463. The Hall–Kier alpha value is -2.38. The summed E-state index contributed by atoms with van der Waals surface area (Å²) in [6.07, 6.45) is 1.34. The van der Waals surface area contributed by atoms with Crippen LogP contribution in [0.2, 0.25) is 0 Å². The third-order valence-corrected chi connectivity index (χ3v) is 2.88. The molecule has 2 heterocycles. The molecule has 0 bridgehead atoms. The van der Waals surface area contributed by atoms with Gasteiger partial charge in [-0.2, -0.15) is 0 Å². The molecule has 1 unspecified atom stereocenters. The van der Waals surface area contributed by atoms with Crippen molar-refractivity contribution in [2.75, 3.05) is 6.61 Å². The van der Waals surface area contributed by atoms with Crippen LogP contribution < -0.4 is 11.2 Å². The first kappa shape index (κ1) is 13.1. The van der Waals surface area contributed by atoms with Crippen LogP contribution in [0.4, 0.5) is 0 Å². The summed E-state index contributed by atoms with van der Waals surface area (Å²) in [4.78, 5) is 41.6. The highest BCUT2D eigenvalue weighted by molar-refractivity contribution is 5.77. The lowest BCUT2D eigenvalue weighted by atomic mass is 10.3. The smallest absolute Gasteiger partial charge is 0.329 e. The number of nitrogens with zero attached hydrogens (tertiary/aromatic N) is 3. The molecule has 1 N–H and O–H groups in total. The third kappa shape index (κ3) is 2.05. The predicted molar refractivity (Wildman–Crippen MR) is 66.9 cm³/mol. The molecule has 1 atom stereocenters. The molecule has 0 fully saturated rings. The van der Waals surface area contributed by atoms with Gasteiger partial charge in [-0.1, -0.05) is 0 Å². The number of aromatic amines is 1. The van der Waals surface area contributed by atoms with Crippen LogP contribution in [0.1, 0.15) is 19.9 Å². The monoisotopic (exact) mass is 266 g/mol. The fraction of sp³-hybridized carbons (Fsp3) is 0.455. The van der Waals surface area contributed by atoms with Gasteiger partial charge in [0.25, 0.3) is 5.56 Å². The van der Waals surface area contributed by atoms with E-state index < -0.39 is 23.3 Å². The molecule has 0 aromatic carbocycles. The van der Waals surface area contributed by atoms with E-state index in [4.69, 9.17) is 4.74 Å². The second kappa shape index (κ2) is 4.71. The molecule has 8 heteroatoms. The Morgan fingerprint density at radius 1 is 1.53 bits per heavy atom. The molecule has 0 radical (unpaired) electrons. The number of hydrogen-bond acceptors (Lipinski definition) is 5. The van der Waals surface area contributed by atoms with E-state index in [0.29, 0.717) is 0 Å². The molecule has 0 amide bonds. The van der Waals surface area contributed by atoms with E-state index in [1.54, 1.807) is 13.8 Å². The Labute approximate surface area is 107 Å². The highest BCUT2D eigenvalue weighted by Gasteiger charge is 2.21. The fourth-order valence-electron chi connectivity index (χ4n) is 1.77. The van der Waals surface area contributed by atoms with Crippen molar-refractivity contribution in [2.24, 2.45) is 7.05 Å². The summed E-state index contributed by atoms with van der Waals surface area (Å²) in [6, 6.07) is -0.691. The maximum atomic E-state index is 12.0. The minimum atomic E-state index is -0.691. The average molecular weight is 266 g/mol. The standard InChI is InChI=1S/C11H14N4O4/c1-4-19-10(17)6(2)15-5-12-8-7(15)9(16)14(3)11(18)13-8/h5-6H,4H2,1-3H3,(H,13,18). The summed E-state index contributed by atoms with van der Waals surface area (Å²) in [5, 5.41) is 0. The molecule has 19 heavy (non-hydrogen) atoms. The van der Waals surface area contributed by atoms with Crippen LogP contribution in [-0.4, -0.2) is 31.7 Å². The molecule has 0 saturated heterocycles. The number of aromatic nitrogens is 4. The molecule has 0 aliphatic heterocycles. The number of ether oxygens (including phenoxy) is 1. The zero-order chi connectivity index (χ0) is 14.2. The van der Waals surface area contributed by atoms with Gasteiger partial charge in [-0.15, -0.1) is 0 Å². The number of hydrogen-bond donors (Lipinski definition) is 1. The molecule has 2 aromatic rings. The maximum Gasteiger partial charge on any atom is 0.329 e. The Bertz CT molecular complexity index is 739. The van der Waals surface area contributed by atoms with Crippen molar-refractivity contribution in [2.45, 2.75) is 19.9 Å². The normalized spacial score (nSPS) is 12.6. The molecule has 0 spiro atoms. The van der Waals surface area contributed by atoms with Crippen LogP contribution in [0.3, 0.4) is 0 Å². The van der Waals surface area contributed by atoms with E-state index in [2.05, 4.69) is 9.97 Å². The summed E-state index contributed by atoms with van der Waals surface area (Å²) in [7, 11) is 1.35. The molecule has 0 aliphatic rings. The second-order valence-electron chi connectivity index (χ2n) is 4.07. The van der Waals surface area contributed by atoms with Gasteiger partial charge in [0.1, 0.15) is 6.04 Å². The van der Waals surface area contributed by atoms with Gasteiger partial charge in [0.05, 0.1) is 12.9 Å². The van der Waals surface area contributed by atoms with E-state index in [0.717, 1.165) is 4.57 Å². The summed E-state index contributed by atoms with van der Waals surface area (Å²) in [6.45, 7) is 3.56. The van der Waals surface area contributed by atoms with Crippen molar-refractivity contribution in [3.05, 3.63) is 27.2 Å². The largest absolute Gasteiger partial charge is 0.464 e. The number of fused-ring (bicyclic) bond motifs is 1. The lowest BCUT2D eigenvalue weighted by molar-refractivity contribution is -0.146. The van der Waals surface area contributed by atoms with E-state index >= 15 is 0 Å². The van der Waals surface area contributed by atoms with E-state index in [1.165, 1.54) is 17.9 Å². The summed E-state index contributed by atoms with van der Waals surface area (Å²) in [5.41, 5.74) is -0.731. The van der Waals surface area contributed by atoms with Crippen LogP contribution in [0, 0.1) is 0 Å². The Kier molecular flexibility index (Phi) is 3.24. The predicted octanol–water partition coefficient (Wildman–Crippen LogP) is -0.453. The fourth-order valence-corrected chi connectivity index (χ4v) is 1.77. The van der Waals surface area contributed by atoms with Gasteiger partial charge in [0.15, 0.2) is 11.2 Å². The number of rotatable bonds is 3. The topological polar surface area (TPSA) is 99.0 Å². The van der Waals surface area contributed by atoms with Crippen molar-refractivity contribution in [3.63, 3.8) is 0 Å². The molecular formula is C11H14N4O4. The lowest BCUT2D eigenvalue weighted by Crippen LogP contribution is -2.34. The van der Waals surface area contributed by atoms with Gasteiger partial charge in [-0.3, -0.25) is 14.3 Å². The van der Waals surface area contributed by atoms with Crippen molar-refractivity contribution < 1.29 is 9.53 Å². The number of H-pyrrole nitrogens is 1. The first-order chi connectivity index (χ1) is 8.97. The summed E-state index contributed by atoms with van der Waals surface area (Å²) >= 11 is 0. The van der Waals surface area contributed by atoms with Crippen molar-refractivity contribution in [1.82, 2.24) is 19.1 Å². The van der Waals surface area contributed by atoms with E-state index in [-0.39, 0.29) is 17.8 Å². The quantitative estimate of drug-likeness (QED) is 0.758. The number of imidazole rings is 1. The molecule has 2 rings (SSSR count).